The summed E-state index contributed by atoms with van der Waals surface area (Å²) in [6, 6.07) is 1.41. The lowest BCUT2D eigenvalue weighted by molar-refractivity contribution is 0.696. The number of hydrogen-bond acceptors (Lipinski definition) is 2. The van der Waals surface area contributed by atoms with Gasteiger partial charge in [0, 0.05) is 19.2 Å². The van der Waals surface area contributed by atoms with E-state index in [2.05, 4.69) is 0 Å². The third-order valence-corrected chi connectivity index (χ3v) is 2.29. The Morgan fingerprint density at radius 1 is 1.57 bits per heavy atom. The maximum absolute atomic E-state index is 11.4. The van der Waals surface area contributed by atoms with Crippen LogP contribution in [0.15, 0.2) is 17.1 Å². The van der Waals surface area contributed by atoms with E-state index in [1.165, 1.54) is 16.8 Å². The molecule has 0 unspecified atom stereocenters. The number of pyridine rings is 1. The highest BCUT2D eigenvalue weighted by molar-refractivity contribution is 7.80. The molecule has 0 aliphatic carbocycles. The molecule has 1 heterocycles. The van der Waals surface area contributed by atoms with Crippen molar-refractivity contribution in [2.45, 2.75) is 13.0 Å². The van der Waals surface area contributed by atoms with Crippen LogP contribution in [0.4, 0.5) is 0 Å². The van der Waals surface area contributed by atoms with E-state index in [1.54, 1.807) is 0 Å². The molecule has 1 aromatic rings. The Bertz CT molecular complexity index is 416. The molecule has 76 valence electrons. The van der Waals surface area contributed by atoms with Crippen LogP contribution in [-0.2, 0) is 6.54 Å². The van der Waals surface area contributed by atoms with Crippen LogP contribution >= 0.6 is 35.4 Å². The van der Waals surface area contributed by atoms with Crippen LogP contribution in [0, 0.1) is 0 Å². The lowest BCUT2D eigenvalue weighted by Crippen LogP contribution is -2.22. The molecule has 1 rings (SSSR count). The van der Waals surface area contributed by atoms with Crippen LogP contribution in [0.25, 0.3) is 0 Å². The minimum atomic E-state index is -0.285. The van der Waals surface area contributed by atoms with Gasteiger partial charge in [-0.05, 0) is 6.07 Å². The Labute approximate surface area is 96.4 Å². The molecule has 0 aliphatic heterocycles. The van der Waals surface area contributed by atoms with Crippen LogP contribution in [0.1, 0.15) is 6.42 Å². The second-order valence-electron chi connectivity index (χ2n) is 2.72. The van der Waals surface area contributed by atoms with Gasteiger partial charge < -0.3 is 10.3 Å². The van der Waals surface area contributed by atoms with E-state index < -0.39 is 0 Å². The van der Waals surface area contributed by atoms with Crippen molar-refractivity contribution in [2.75, 3.05) is 0 Å². The van der Waals surface area contributed by atoms with Crippen molar-refractivity contribution in [3.05, 3.63) is 32.7 Å². The Hall–Kier alpha value is -0.580. The minimum Gasteiger partial charge on any atom is -0.393 e. The molecule has 0 saturated carbocycles. The van der Waals surface area contributed by atoms with Gasteiger partial charge in [0.1, 0.15) is 5.02 Å². The highest BCUT2D eigenvalue weighted by Crippen LogP contribution is 2.11. The van der Waals surface area contributed by atoms with Crippen molar-refractivity contribution in [1.82, 2.24) is 4.57 Å². The molecule has 0 aromatic carbocycles. The van der Waals surface area contributed by atoms with Gasteiger partial charge in [0.15, 0.2) is 0 Å². The third-order valence-electron chi connectivity index (χ3n) is 1.61. The summed E-state index contributed by atoms with van der Waals surface area (Å²) in [5.74, 6) is 0. The number of rotatable bonds is 3. The Balaban J connectivity index is 2.97. The van der Waals surface area contributed by atoms with Crippen molar-refractivity contribution in [2.24, 2.45) is 5.73 Å². The molecule has 2 N–H and O–H groups in total. The predicted octanol–water partition coefficient (Wildman–Crippen LogP) is 1.83. The number of hydrogen-bond donors (Lipinski definition) is 1. The lowest BCUT2D eigenvalue weighted by Gasteiger charge is -2.05. The summed E-state index contributed by atoms with van der Waals surface area (Å²) in [5.41, 5.74) is 5.03. The monoisotopic (exact) mass is 250 g/mol. The van der Waals surface area contributed by atoms with Crippen molar-refractivity contribution in [1.29, 1.82) is 0 Å². The topological polar surface area (TPSA) is 48.0 Å². The molecular weight excluding hydrogens is 243 g/mol. The average Bonchev–Trinajstić information content (AvgIpc) is 2.08. The molecule has 1 aromatic heterocycles. The molecule has 14 heavy (non-hydrogen) atoms. The Morgan fingerprint density at radius 3 is 2.79 bits per heavy atom. The fourth-order valence-corrected chi connectivity index (χ4v) is 1.56. The minimum absolute atomic E-state index is 0.0976. The molecule has 3 nitrogen and oxygen atoms in total. The standard InChI is InChI=1S/C8H8Cl2N2OS/c9-5-3-6(10)8(13)12(4-5)2-1-7(11)14/h3-4H,1-2H2,(H2,11,14). The van der Waals surface area contributed by atoms with Gasteiger partial charge in [0.25, 0.3) is 5.56 Å². The molecule has 0 spiro atoms. The van der Waals surface area contributed by atoms with E-state index >= 15 is 0 Å². The van der Waals surface area contributed by atoms with Crippen molar-refractivity contribution < 1.29 is 0 Å². The van der Waals surface area contributed by atoms with E-state index in [0.29, 0.717) is 23.0 Å². The normalized spacial score (nSPS) is 10.1. The zero-order valence-corrected chi connectivity index (χ0v) is 9.49. The van der Waals surface area contributed by atoms with Crippen LogP contribution in [-0.4, -0.2) is 9.56 Å². The van der Waals surface area contributed by atoms with Crippen molar-refractivity contribution >= 4 is 40.4 Å². The molecule has 0 amide bonds. The molecule has 0 aliphatic rings. The second kappa shape index (κ2) is 4.77. The SMILES string of the molecule is NC(=S)CCn1cc(Cl)cc(Cl)c1=O. The summed E-state index contributed by atoms with van der Waals surface area (Å²) in [6.07, 6.45) is 1.96. The van der Waals surface area contributed by atoms with Crippen molar-refractivity contribution in [3.63, 3.8) is 0 Å². The molecule has 0 atom stereocenters. The van der Waals surface area contributed by atoms with Gasteiger partial charge in [-0.3, -0.25) is 4.79 Å². The summed E-state index contributed by atoms with van der Waals surface area (Å²) in [6.45, 7) is 0.397. The summed E-state index contributed by atoms with van der Waals surface area (Å²) < 4.78 is 1.39. The lowest BCUT2D eigenvalue weighted by atomic mass is 10.4. The van der Waals surface area contributed by atoms with E-state index in [1.807, 2.05) is 0 Å². The zero-order valence-electron chi connectivity index (χ0n) is 7.17. The molecule has 0 radical (unpaired) electrons. The first kappa shape index (κ1) is 11.5. The van der Waals surface area contributed by atoms with Gasteiger partial charge >= 0.3 is 0 Å². The summed E-state index contributed by atoms with van der Waals surface area (Å²) in [4.78, 5) is 11.8. The number of thiocarbonyl (C=S) groups is 1. The van der Waals surface area contributed by atoms with Crippen LogP contribution in [0.2, 0.25) is 10.0 Å². The van der Waals surface area contributed by atoms with E-state index in [0.717, 1.165) is 0 Å². The molecule has 0 bridgehead atoms. The number of nitrogens with zero attached hydrogens (tertiary/aromatic N) is 1. The van der Waals surface area contributed by atoms with Gasteiger partial charge in [-0.15, -0.1) is 0 Å². The predicted molar refractivity (Wildman–Crippen MR) is 62.1 cm³/mol. The quantitative estimate of drug-likeness (QED) is 0.834. The van der Waals surface area contributed by atoms with E-state index in [9.17, 15) is 4.79 Å². The smallest absolute Gasteiger partial charge is 0.269 e. The summed E-state index contributed by atoms with van der Waals surface area (Å²) in [7, 11) is 0. The van der Waals surface area contributed by atoms with E-state index in [4.69, 9.17) is 41.2 Å². The first-order valence-electron chi connectivity index (χ1n) is 3.84. The number of aromatic nitrogens is 1. The van der Waals surface area contributed by atoms with Crippen LogP contribution in [0.3, 0.4) is 0 Å². The molecule has 0 saturated heterocycles. The van der Waals surface area contributed by atoms with Gasteiger partial charge in [0.05, 0.1) is 10.0 Å². The van der Waals surface area contributed by atoms with Gasteiger partial charge in [-0.2, -0.15) is 0 Å². The largest absolute Gasteiger partial charge is 0.393 e. The first-order chi connectivity index (χ1) is 6.50. The fourth-order valence-electron chi connectivity index (χ4n) is 0.961. The molecule has 0 fully saturated rings. The average molecular weight is 251 g/mol. The third kappa shape index (κ3) is 2.97. The Morgan fingerprint density at radius 2 is 2.21 bits per heavy atom. The van der Waals surface area contributed by atoms with Crippen LogP contribution in [0.5, 0.6) is 0 Å². The second-order valence-corrected chi connectivity index (χ2v) is 4.09. The fraction of sp³-hybridized carbons (Fsp3) is 0.250. The summed E-state index contributed by atoms with van der Waals surface area (Å²) in [5, 5.41) is 0.512. The highest BCUT2D eigenvalue weighted by Gasteiger charge is 2.03. The molecule has 6 heteroatoms. The maximum atomic E-state index is 11.4. The van der Waals surface area contributed by atoms with Crippen LogP contribution < -0.4 is 11.3 Å². The highest BCUT2D eigenvalue weighted by atomic mass is 35.5. The molecular formula is C8H8Cl2N2OS. The maximum Gasteiger partial charge on any atom is 0.269 e. The van der Waals surface area contributed by atoms with E-state index in [-0.39, 0.29) is 10.6 Å². The zero-order chi connectivity index (χ0) is 10.7. The number of nitrogens with two attached hydrogens (primary N) is 1. The van der Waals surface area contributed by atoms with Gasteiger partial charge in [0.2, 0.25) is 0 Å². The van der Waals surface area contributed by atoms with Crippen molar-refractivity contribution in [3.8, 4) is 0 Å². The first-order valence-corrected chi connectivity index (χ1v) is 5.01. The van der Waals surface area contributed by atoms with Gasteiger partial charge in [-0.1, -0.05) is 35.4 Å². The summed E-state index contributed by atoms with van der Waals surface area (Å²) >= 11 is 16.1. The Kier molecular flexibility index (Phi) is 3.92. The number of halogens is 2. The van der Waals surface area contributed by atoms with Gasteiger partial charge in [-0.25, -0.2) is 0 Å². The number of aryl methyl sites for hydroxylation is 1.